The van der Waals surface area contributed by atoms with Gasteiger partial charge >= 0.3 is 0 Å². The highest BCUT2D eigenvalue weighted by Crippen LogP contribution is 2.22. The van der Waals surface area contributed by atoms with Gasteiger partial charge in [-0.3, -0.25) is 0 Å². The Hall–Kier alpha value is -1.87. The number of aliphatic hydroxyl groups excluding tert-OH is 1. The van der Waals surface area contributed by atoms with E-state index in [1.807, 2.05) is 6.07 Å². The predicted molar refractivity (Wildman–Crippen MR) is 68.0 cm³/mol. The van der Waals surface area contributed by atoms with Crippen LogP contribution in [-0.2, 0) is 6.42 Å². The molecule has 0 spiro atoms. The fourth-order valence-corrected chi connectivity index (χ4v) is 1.99. The minimum absolute atomic E-state index is 0.0126. The molecule has 0 aliphatic heterocycles. The molecule has 0 aromatic heterocycles. The largest absolute Gasteiger partial charge is 0.508 e. The van der Waals surface area contributed by atoms with Crippen LogP contribution in [0.2, 0.25) is 0 Å². The average Bonchev–Trinajstić information content (AvgIpc) is 2.37. The summed E-state index contributed by atoms with van der Waals surface area (Å²) >= 11 is 0. The minimum Gasteiger partial charge on any atom is -0.508 e. The predicted octanol–water partition coefficient (Wildman–Crippen LogP) is 2.85. The van der Waals surface area contributed by atoms with Gasteiger partial charge in [-0.25, -0.2) is 4.39 Å². The molecule has 0 heterocycles. The lowest BCUT2D eigenvalue weighted by Gasteiger charge is -2.14. The second kappa shape index (κ2) is 5.65. The highest BCUT2D eigenvalue weighted by molar-refractivity contribution is 5.30. The van der Waals surface area contributed by atoms with Gasteiger partial charge in [0, 0.05) is 5.92 Å². The van der Waals surface area contributed by atoms with E-state index in [1.54, 1.807) is 30.3 Å². The molecule has 3 heteroatoms. The third kappa shape index (κ3) is 3.08. The number of hydrogen-bond donors (Lipinski definition) is 2. The van der Waals surface area contributed by atoms with E-state index in [2.05, 4.69) is 0 Å². The monoisotopic (exact) mass is 246 g/mol. The van der Waals surface area contributed by atoms with Crippen molar-refractivity contribution in [3.63, 3.8) is 0 Å². The van der Waals surface area contributed by atoms with E-state index < -0.39 is 0 Å². The number of phenols is 1. The summed E-state index contributed by atoms with van der Waals surface area (Å²) in [6.45, 7) is -0.0126. The zero-order valence-corrected chi connectivity index (χ0v) is 9.88. The van der Waals surface area contributed by atoms with Crippen molar-refractivity contribution in [3.05, 3.63) is 65.5 Å². The molecule has 0 saturated heterocycles. The van der Waals surface area contributed by atoms with Crippen molar-refractivity contribution in [2.24, 2.45) is 0 Å². The van der Waals surface area contributed by atoms with Crippen LogP contribution in [0.1, 0.15) is 17.0 Å². The summed E-state index contributed by atoms with van der Waals surface area (Å²) in [6, 6.07) is 13.1. The fourth-order valence-electron chi connectivity index (χ4n) is 1.99. The van der Waals surface area contributed by atoms with Crippen molar-refractivity contribution in [2.75, 3.05) is 6.61 Å². The summed E-state index contributed by atoms with van der Waals surface area (Å²) in [5.41, 5.74) is 1.83. The number of aromatic hydroxyl groups is 1. The van der Waals surface area contributed by atoms with Gasteiger partial charge in [0.1, 0.15) is 11.6 Å². The fraction of sp³-hybridized carbons (Fsp3) is 0.200. The Bertz CT molecular complexity index is 508. The first-order valence-electron chi connectivity index (χ1n) is 5.83. The normalized spacial score (nSPS) is 12.3. The van der Waals surface area contributed by atoms with Crippen LogP contribution in [0.25, 0.3) is 0 Å². The SMILES string of the molecule is OCC(Cc1cccc(O)c1)c1ccc(F)cc1. The van der Waals surface area contributed by atoms with Gasteiger partial charge in [-0.1, -0.05) is 24.3 Å². The van der Waals surface area contributed by atoms with E-state index >= 15 is 0 Å². The number of phenolic OH excluding ortho intramolecular Hbond substituents is 1. The molecule has 2 aromatic carbocycles. The van der Waals surface area contributed by atoms with Crippen LogP contribution in [0.15, 0.2) is 48.5 Å². The van der Waals surface area contributed by atoms with Crippen molar-refractivity contribution < 1.29 is 14.6 Å². The van der Waals surface area contributed by atoms with E-state index in [0.717, 1.165) is 11.1 Å². The molecule has 1 unspecified atom stereocenters. The first-order valence-corrected chi connectivity index (χ1v) is 5.83. The zero-order valence-electron chi connectivity index (χ0n) is 9.88. The van der Waals surface area contributed by atoms with E-state index in [9.17, 15) is 14.6 Å². The van der Waals surface area contributed by atoms with Crippen LogP contribution in [0.3, 0.4) is 0 Å². The van der Waals surface area contributed by atoms with Gasteiger partial charge < -0.3 is 10.2 Å². The first-order chi connectivity index (χ1) is 8.69. The number of benzene rings is 2. The van der Waals surface area contributed by atoms with Crippen molar-refractivity contribution in [3.8, 4) is 5.75 Å². The Labute approximate surface area is 105 Å². The third-order valence-corrected chi connectivity index (χ3v) is 2.95. The molecular formula is C15H15FO2. The van der Waals surface area contributed by atoms with Gasteiger partial charge in [0.05, 0.1) is 6.61 Å². The molecule has 0 saturated carbocycles. The van der Waals surface area contributed by atoms with Crippen molar-refractivity contribution in [1.29, 1.82) is 0 Å². The van der Waals surface area contributed by atoms with Crippen molar-refractivity contribution in [2.45, 2.75) is 12.3 Å². The molecule has 94 valence electrons. The Morgan fingerprint density at radius 1 is 1.06 bits per heavy atom. The van der Waals surface area contributed by atoms with E-state index in [0.29, 0.717) is 6.42 Å². The maximum absolute atomic E-state index is 12.8. The molecule has 0 amide bonds. The van der Waals surface area contributed by atoms with Gasteiger partial charge in [-0.05, 0) is 41.8 Å². The Morgan fingerprint density at radius 3 is 2.39 bits per heavy atom. The minimum atomic E-state index is -0.284. The van der Waals surface area contributed by atoms with Gasteiger partial charge in [0.2, 0.25) is 0 Å². The standard InChI is InChI=1S/C15H15FO2/c16-14-6-4-12(5-7-14)13(10-17)8-11-2-1-3-15(18)9-11/h1-7,9,13,17-18H,8,10H2. The number of hydrogen-bond acceptors (Lipinski definition) is 2. The summed E-state index contributed by atoms with van der Waals surface area (Å²) in [5.74, 6) is -0.163. The van der Waals surface area contributed by atoms with Crippen LogP contribution in [-0.4, -0.2) is 16.8 Å². The van der Waals surface area contributed by atoms with Crippen LogP contribution in [0.5, 0.6) is 5.75 Å². The van der Waals surface area contributed by atoms with Crippen LogP contribution in [0, 0.1) is 5.82 Å². The molecule has 1 atom stereocenters. The molecule has 0 bridgehead atoms. The molecule has 2 aromatic rings. The highest BCUT2D eigenvalue weighted by atomic mass is 19.1. The van der Waals surface area contributed by atoms with Gasteiger partial charge in [-0.15, -0.1) is 0 Å². The average molecular weight is 246 g/mol. The Balaban J connectivity index is 2.17. The van der Waals surface area contributed by atoms with Crippen molar-refractivity contribution >= 4 is 0 Å². The maximum atomic E-state index is 12.8. The lowest BCUT2D eigenvalue weighted by atomic mass is 9.92. The van der Waals surface area contributed by atoms with Gasteiger partial charge in [0.25, 0.3) is 0 Å². The number of halogens is 1. The third-order valence-electron chi connectivity index (χ3n) is 2.95. The van der Waals surface area contributed by atoms with Crippen LogP contribution < -0.4 is 0 Å². The summed E-state index contributed by atoms with van der Waals surface area (Å²) < 4.78 is 12.8. The van der Waals surface area contributed by atoms with E-state index in [-0.39, 0.29) is 24.1 Å². The van der Waals surface area contributed by atoms with Crippen LogP contribution in [0.4, 0.5) is 4.39 Å². The molecule has 0 radical (unpaired) electrons. The lowest BCUT2D eigenvalue weighted by Crippen LogP contribution is -2.07. The molecule has 2 rings (SSSR count). The topological polar surface area (TPSA) is 40.5 Å². The van der Waals surface area contributed by atoms with Crippen LogP contribution >= 0.6 is 0 Å². The molecular weight excluding hydrogens is 231 g/mol. The first kappa shape index (κ1) is 12.6. The molecule has 18 heavy (non-hydrogen) atoms. The summed E-state index contributed by atoms with van der Waals surface area (Å²) in [5, 5.41) is 18.8. The van der Waals surface area contributed by atoms with E-state index in [4.69, 9.17) is 0 Å². The van der Waals surface area contributed by atoms with Gasteiger partial charge in [-0.2, -0.15) is 0 Å². The van der Waals surface area contributed by atoms with E-state index in [1.165, 1.54) is 12.1 Å². The second-order valence-electron chi connectivity index (χ2n) is 4.31. The number of rotatable bonds is 4. The Kier molecular flexibility index (Phi) is 3.95. The molecule has 0 aliphatic carbocycles. The molecule has 0 aliphatic rings. The number of aliphatic hydroxyl groups is 1. The molecule has 2 N–H and O–H groups in total. The molecule has 2 nitrogen and oxygen atoms in total. The molecule has 0 fully saturated rings. The quantitative estimate of drug-likeness (QED) is 0.870. The smallest absolute Gasteiger partial charge is 0.123 e. The lowest BCUT2D eigenvalue weighted by molar-refractivity contribution is 0.264. The zero-order chi connectivity index (χ0) is 13.0. The Morgan fingerprint density at radius 2 is 1.78 bits per heavy atom. The summed E-state index contributed by atoms with van der Waals surface area (Å²) in [7, 11) is 0. The van der Waals surface area contributed by atoms with Crippen molar-refractivity contribution in [1.82, 2.24) is 0 Å². The maximum Gasteiger partial charge on any atom is 0.123 e. The highest BCUT2D eigenvalue weighted by Gasteiger charge is 2.11. The summed E-state index contributed by atoms with van der Waals surface area (Å²) in [4.78, 5) is 0. The van der Waals surface area contributed by atoms with Gasteiger partial charge in [0.15, 0.2) is 0 Å². The second-order valence-corrected chi connectivity index (χ2v) is 4.31. The summed E-state index contributed by atoms with van der Waals surface area (Å²) in [6.07, 6.45) is 0.608.